The molecule has 0 bridgehead atoms. The van der Waals surface area contributed by atoms with Gasteiger partial charge in [0.2, 0.25) is 5.75 Å². The summed E-state index contributed by atoms with van der Waals surface area (Å²) >= 11 is 3.32. The third kappa shape index (κ3) is 3.38. The van der Waals surface area contributed by atoms with Crippen molar-refractivity contribution in [3.05, 3.63) is 40.1 Å². The molecule has 24 heavy (non-hydrogen) atoms. The highest BCUT2D eigenvalue weighted by Crippen LogP contribution is 2.44. The van der Waals surface area contributed by atoms with Crippen molar-refractivity contribution in [3.8, 4) is 17.2 Å². The number of benzene rings is 2. The van der Waals surface area contributed by atoms with E-state index in [4.69, 9.17) is 19.9 Å². The van der Waals surface area contributed by atoms with Gasteiger partial charge >= 0.3 is 0 Å². The van der Waals surface area contributed by atoms with Crippen molar-refractivity contribution >= 4 is 33.2 Å². The van der Waals surface area contributed by atoms with E-state index in [1.807, 2.05) is 0 Å². The molecule has 0 radical (unpaired) electrons. The van der Waals surface area contributed by atoms with Crippen LogP contribution < -0.4 is 25.3 Å². The minimum absolute atomic E-state index is 0.00182. The molecule has 3 N–H and O–H groups in total. The number of carbonyl (C=O) groups excluding carboxylic acids is 1. The fourth-order valence-electron chi connectivity index (χ4n) is 2.09. The fourth-order valence-corrected chi connectivity index (χ4v) is 2.73. The lowest BCUT2D eigenvalue weighted by molar-refractivity contribution is 0.102. The maximum absolute atomic E-state index is 13.5. The first-order valence-electron chi connectivity index (χ1n) is 6.77. The van der Waals surface area contributed by atoms with E-state index in [1.165, 1.54) is 39.5 Å². The highest BCUT2D eigenvalue weighted by Gasteiger charge is 2.23. The number of nitrogen functional groups attached to an aromatic ring is 1. The summed E-state index contributed by atoms with van der Waals surface area (Å²) in [4.78, 5) is 12.5. The average Bonchev–Trinajstić information content (AvgIpc) is 2.57. The molecular formula is C16H16BrFN2O4. The van der Waals surface area contributed by atoms with Crippen molar-refractivity contribution < 1.29 is 23.4 Å². The van der Waals surface area contributed by atoms with Crippen LogP contribution >= 0.6 is 15.9 Å². The predicted octanol–water partition coefficient (Wildman–Crippen LogP) is 3.45. The van der Waals surface area contributed by atoms with Gasteiger partial charge in [0.05, 0.1) is 37.1 Å². The lowest BCUT2D eigenvalue weighted by Gasteiger charge is -2.16. The zero-order valence-corrected chi connectivity index (χ0v) is 14.9. The third-order valence-electron chi connectivity index (χ3n) is 3.27. The molecule has 2 rings (SSSR count). The number of nitrogens with one attached hydrogen (secondary N) is 1. The van der Waals surface area contributed by atoms with E-state index in [-0.39, 0.29) is 16.9 Å². The molecule has 0 aliphatic carbocycles. The summed E-state index contributed by atoms with van der Waals surface area (Å²) in [5.74, 6) is -0.110. The number of rotatable bonds is 5. The Morgan fingerprint density at radius 1 is 1.12 bits per heavy atom. The van der Waals surface area contributed by atoms with Gasteiger partial charge in [0.1, 0.15) is 5.82 Å². The molecule has 0 saturated heterocycles. The second-order valence-corrected chi connectivity index (χ2v) is 5.49. The Morgan fingerprint density at radius 3 is 2.33 bits per heavy atom. The van der Waals surface area contributed by atoms with E-state index in [9.17, 15) is 9.18 Å². The van der Waals surface area contributed by atoms with E-state index in [1.54, 1.807) is 0 Å². The van der Waals surface area contributed by atoms with Crippen LogP contribution in [0.5, 0.6) is 17.2 Å². The van der Waals surface area contributed by atoms with Crippen LogP contribution in [0.1, 0.15) is 10.4 Å². The molecule has 1 amide bonds. The molecule has 0 aliphatic heterocycles. The molecule has 8 heteroatoms. The number of hydrogen-bond donors (Lipinski definition) is 2. The van der Waals surface area contributed by atoms with Crippen LogP contribution in [0.2, 0.25) is 0 Å². The van der Waals surface area contributed by atoms with Gasteiger partial charge in [-0.05, 0) is 40.2 Å². The van der Waals surface area contributed by atoms with Crippen LogP contribution in [0.3, 0.4) is 0 Å². The van der Waals surface area contributed by atoms with Crippen molar-refractivity contribution in [1.29, 1.82) is 0 Å². The van der Waals surface area contributed by atoms with Crippen LogP contribution in [0.4, 0.5) is 15.8 Å². The Balaban J connectivity index is 2.43. The summed E-state index contributed by atoms with van der Waals surface area (Å²) in [6.45, 7) is 0. The van der Waals surface area contributed by atoms with Crippen LogP contribution in [-0.2, 0) is 0 Å². The summed E-state index contributed by atoms with van der Waals surface area (Å²) in [7, 11) is 4.35. The lowest BCUT2D eigenvalue weighted by atomic mass is 10.1. The minimum Gasteiger partial charge on any atom is -0.493 e. The summed E-state index contributed by atoms with van der Waals surface area (Å²) in [6, 6.07) is 5.50. The van der Waals surface area contributed by atoms with Gasteiger partial charge in [0, 0.05) is 5.69 Å². The van der Waals surface area contributed by atoms with Gasteiger partial charge in [0.15, 0.2) is 11.5 Å². The van der Waals surface area contributed by atoms with Crippen molar-refractivity contribution in [2.75, 3.05) is 32.4 Å². The second-order valence-electron chi connectivity index (χ2n) is 4.70. The first kappa shape index (κ1) is 17.9. The quantitative estimate of drug-likeness (QED) is 0.753. The van der Waals surface area contributed by atoms with Crippen LogP contribution in [0, 0.1) is 5.82 Å². The van der Waals surface area contributed by atoms with E-state index < -0.39 is 11.7 Å². The Morgan fingerprint density at radius 2 is 1.79 bits per heavy atom. The molecule has 0 fully saturated rings. The Kier molecular flexibility index (Phi) is 5.50. The maximum Gasteiger partial charge on any atom is 0.257 e. The summed E-state index contributed by atoms with van der Waals surface area (Å²) in [5.41, 5.74) is 5.93. The molecule has 128 valence electrons. The zero-order valence-electron chi connectivity index (χ0n) is 13.3. The normalized spacial score (nSPS) is 10.2. The molecule has 0 heterocycles. The van der Waals surface area contributed by atoms with Crippen molar-refractivity contribution in [2.45, 2.75) is 0 Å². The summed E-state index contributed by atoms with van der Waals surface area (Å²) in [5, 5.41) is 2.59. The molecule has 0 unspecified atom stereocenters. The van der Waals surface area contributed by atoms with Gasteiger partial charge in [-0.25, -0.2) is 4.39 Å². The maximum atomic E-state index is 13.5. The third-order valence-corrected chi connectivity index (χ3v) is 4.06. The second kappa shape index (κ2) is 7.39. The van der Waals surface area contributed by atoms with E-state index in [0.29, 0.717) is 21.7 Å². The molecule has 0 spiro atoms. The zero-order chi connectivity index (χ0) is 17.9. The monoisotopic (exact) mass is 398 g/mol. The molecule has 0 aliphatic rings. The summed E-state index contributed by atoms with van der Waals surface area (Å²) < 4.78 is 29.6. The molecule has 6 nitrogen and oxygen atoms in total. The Bertz CT molecular complexity index is 783. The number of carbonyl (C=O) groups is 1. The van der Waals surface area contributed by atoms with Crippen LogP contribution in [0.25, 0.3) is 0 Å². The Hall–Kier alpha value is -2.48. The minimum atomic E-state index is -0.614. The van der Waals surface area contributed by atoms with Crippen LogP contribution in [0.15, 0.2) is 28.7 Å². The fraction of sp³-hybridized carbons (Fsp3) is 0.188. The average molecular weight is 399 g/mol. The van der Waals surface area contributed by atoms with Crippen molar-refractivity contribution in [3.63, 3.8) is 0 Å². The number of hydrogen-bond acceptors (Lipinski definition) is 5. The Labute approximate surface area is 146 Å². The number of ether oxygens (including phenoxy) is 3. The number of nitrogens with two attached hydrogens (primary N) is 1. The first-order chi connectivity index (χ1) is 11.4. The summed E-state index contributed by atoms with van der Waals surface area (Å²) in [6.07, 6.45) is 0. The highest BCUT2D eigenvalue weighted by molar-refractivity contribution is 9.10. The molecule has 0 aromatic heterocycles. The smallest absolute Gasteiger partial charge is 0.257 e. The van der Waals surface area contributed by atoms with Gasteiger partial charge in [0.25, 0.3) is 5.91 Å². The van der Waals surface area contributed by atoms with E-state index in [0.717, 1.165) is 6.07 Å². The van der Waals surface area contributed by atoms with Gasteiger partial charge in [-0.3, -0.25) is 4.79 Å². The first-order valence-corrected chi connectivity index (χ1v) is 7.57. The van der Waals surface area contributed by atoms with E-state index >= 15 is 0 Å². The molecule has 2 aromatic carbocycles. The largest absolute Gasteiger partial charge is 0.493 e. The highest BCUT2D eigenvalue weighted by atomic mass is 79.9. The molecule has 2 aromatic rings. The number of amides is 1. The van der Waals surface area contributed by atoms with Crippen molar-refractivity contribution in [2.24, 2.45) is 0 Å². The number of halogens is 2. The van der Waals surface area contributed by atoms with Gasteiger partial charge < -0.3 is 25.3 Å². The molecule has 0 atom stereocenters. The number of anilines is 2. The molecular weight excluding hydrogens is 383 g/mol. The standard InChI is InChI=1S/C16H16BrFN2O4/c1-22-12-7-9(13(17)15(24-3)14(12)23-2)16(21)20-8-4-5-11(19)10(18)6-8/h4-7H,19H2,1-3H3,(H,20,21). The van der Waals surface area contributed by atoms with Crippen LogP contribution in [-0.4, -0.2) is 27.2 Å². The van der Waals surface area contributed by atoms with E-state index in [2.05, 4.69) is 21.2 Å². The topological polar surface area (TPSA) is 82.8 Å². The van der Waals surface area contributed by atoms with Gasteiger partial charge in [-0.2, -0.15) is 0 Å². The molecule has 0 saturated carbocycles. The van der Waals surface area contributed by atoms with Gasteiger partial charge in [-0.1, -0.05) is 0 Å². The van der Waals surface area contributed by atoms with Gasteiger partial charge in [-0.15, -0.1) is 0 Å². The predicted molar refractivity (Wildman–Crippen MR) is 92.6 cm³/mol. The number of methoxy groups -OCH3 is 3. The van der Waals surface area contributed by atoms with Crippen molar-refractivity contribution in [1.82, 2.24) is 0 Å². The lowest BCUT2D eigenvalue weighted by Crippen LogP contribution is -2.14. The SMILES string of the molecule is COc1cc(C(=O)Nc2ccc(N)c(F)c2)c(Br)c(OC)c1OC.